The molecule has 6 nitrogen and oxygen atoms in total. The van der Waals surface area contributed by atoms with Gasteiger partial charge in [0.2, 0.25) is 0 Å². The van der Waals surface area contributed by atoms with Crippen LogP contribution in [0.4, 0.5) is 10.5 Å². The molecule has 1 aliphatic heterocycles. The summed E-state index contributed by atoms with van der Waals surface area (Å²) in [7, 11) is 1.73. The Morgan fingerprint density at radius 3 is 3.00 bits per heavy atom. The van der Waals surface area contributed by atoms with Gasteiger partial charge in [-0.15, -0.1) is 0 Å². The molecule has 0 aromatic carbocycles. The van der Waals surface area contributed by atoms with Crippen molar-refractivity contribution in [3.63, 3.8) is 0 Å². The number of hydrogen-bond donors (Lipinski definition) is 1. The molecule has 1 unspecified atom stereocenters. The van der Waals surface area contributed by atoms with Gasteiger partial charge < -0.3 is 10.0 Å². The molecule has 0 aliphatic carbocycles. The lowest BCUT2D eigenvalue weighted by molar-refractivity contribution is -0.137. The fraction of sp³-hybridized carbons (Fsp3) is 0.500. The molecule has 2 amide bonds. The van der Waals surface area contributed by atoms with Crippen molar-refractivity contribution >= 4 is 17.7 Å². The van der Waals surface area contributed by atoms with Gasteiger partial charge >= 0.3 is 12.0 Å². The third-order valence-corrected chi connectivity index (χ3v) is 3.64. The highest BCUT2D eigenvalue weighted by molar-refractivity contribution is 5.91. The summed E-state index contributed by atoms with van der Waals surface area (Å²) in [6.07, 6.45) is 5.00. The first-order chi connectivity index (χ1) is 9.58. The molecule has 0 spiro atoms. The van der Waals surface area contributed by atoms with E-state index in [2.05, 4.69) is 4.98 Å². The molecule has 1 aromatic rings. The van der Waals surface area contributed by atoms with Crippen molar-refractivity contribution < 1.29 is 14.7 Å². The van der Waals surface area contributed by atoms with Crippen molar-refractivity contribution in [3.05, 3.63) is 24.5 Å². The Morgan fingerprint density at radius 1 is 1.55 bits per heavy atom. The molecule has 1 atom stereocenters. The van der Waals surface area contributed by atoms with Gasteiger partial charge in [-0.05, 0) is 30.9 Å². The predicted octanol–water partition coefficient (Wildman–Crippen LogP) is 1.82. The van der Waals surface area contributed by atoms with Crippen LogP contribution in [0.3, 0.4) is 0 Å². The van der Waals surface area contributed by atoms with Gasteiger partial charge in [-0.2, -0.15) is 0 Å². The van der Waals surface area contributed by atoms with E-state index in [1.165, 1.54) is 0 Å². The van der Waals surface area contributed by atoms with Crippen LogP contribution in [0, 0.1) is 5.92 Å². The highest BCUT2D eigenvalue weighted by Crippen LogP contribution is 2.23. The molecule has 1 fully saturated rings. The Morgan fingerprint density at radius 2 is 2.35 bits per heavy atom. The third-order valence-electron chi connectivity index (χ3n) is 3.64. The minimum Gasteiger partial charge on any atom is -0.481 e. The van der Waals surface area contributed by atoms with Crippen molar-refractivity contribution in [3.8, 4) is 0 Å². The zero-order chi connectivity index (χ0) is 14.5. The number of urea groups is 1. The number of carboxylic acid groups (broad SMARTS) is 1. The number of rotatable bonds is 4. The van der Waals surface area contributed by atoms with Gasteiger partial charge in [0, 0.05) is 32.8 Å². The van der Waals surface area contributed by atoms with Gasteiger partial charge in [-0.25, -0.2) is 4.79 Å². The molecule has 0 bridgehead atoms. The summed E-state index contributed by atoms with van der Waals surface area (Å²) in [6.45, 7) is 1.32. The van der Waals surface area contributed by atoms with Crippen molar-refractivity contribution in [2.45, 2.75) is 19.3 Å². The van der Waals surface area contributed by atoms with Crippen molar-refractivity contribution in [2.75, 3.05) is 25.0 Å². The molecule has 0 saturated carbocycles. The summed E-state index contributed by atoms with van der Waals surface area (Å²) in [6, 6.07) is 3.57. The average Bonchev–Trinajstić information content (AvgIpc) is 2.93. The Hall–Kier alpha value is -2.11. The van der Waals surface area contributed by atoms with E-state index in [-0.39, 0.29) is 18.4 Å². The van der Waals surface area contributed by atoms with E-state index in [0.29, 0.717) is 19.5 Å². The fourth-order valence-corrected chi connectivity index (χ4v) is 2.44. The molecule has 20 heavy (non-hydrogen) atoms. The Labute approximate surface area is 118 Å². The molecule has 108 valence electrons. The van der Waals surface area contributed by atoms with Crippen molar-refractivity contribution in [2.24, 2.45) is 5.92 Å². The van der Waals surface area contributed by atoms with Crippen LogP contribution in [-0.2, 0) is 4.79 Å². The minimum atomic E-state index is -0.776. The van der Waals surface area contributed by atoms with Crippen LogP contribution in [0.2, 0.25) is 0 Å². The predicted molar refractivity (Wildman–Crippen MR) is 74.6 cm³/mol. The lowest BCUT2D eigenvalue weighted by Gasteiger charge is -2.24. The number of likely N-dealkylation sites (tertiary alicyclic amines) is 1. The summed E-state index contributed by atoms with van der Waals surface area (Å²) in [4.78, 5) is 30.3. The van der Waals surface area contributed by atoms with Crippen LogP contribution in [0.15, 0.2) is 24.5 Å². The molecular formula is C14H19N3O3. The number of anilines is 1. The van der Waals surface area contributed by atoms with Crippen LogP contribution in [-0.4, -0.2) is 47.1 Å². The lowest BCUT2D eigenvalue weighted by Crippen LogP contribution is -2.40. The number of pyridine rings is 1. The summed E-state index contributed by atoms with van der Waals surface area (Å²) in [5.74, 6) is -0.486. The summed E-state index contributed by atoms with van der Waals surface area (Å²) >= 11 is 0. The molecule has 6 heteroatoms. The fourth-order valence-electron chi connectivity index (χ4n) is 2.44. The number of carbonyl (C=O) groups is 2. The van der Waals surface area contributed by atoms with Gasteiger partial charge in [0.1, 0.15) is 0 Å². The number of amides is 2. The van der Waals surface area contributed by atoms with Gasteiger partial charge in [0.05, 0.1) is 11.9 Å². The van der Waals surface area contributed by atoms with Gasteiger partial charge in [0.15, 0.2) is 0 Å². The van der Waals surface area contributed by atoms with E-state index in [4.69, 9.17) is 5.11 Å². The topological polar surface area (TPSA) is 73.7 Å². The maximum absolute atomic E-state index is 12.3. The monoisotopic (exact) mass is 277 g/mol. The quantitative estimate of drug-likeness (QED) is 0.911. The zero-order valence-corrected chi connectivity index (χ0v) is 11.5. The van der Waals surface area contributed by atoms with Crippen LogP contribution in [0.5, 0.6) is 0 Å². The largest absolute Gasteiger partial charge is 0.481 e. The second kappa shape index (κ2) is 6.36. The first kappa shape index (κ1) is 14.3. The normalized spacial score (nSPS) is 18.1. The van der Waals surface area contributed by atoms with Crippen LogP contribution in [0.1, 0.15) is 19.3 Å². The van der Waals surface area contributed by atoms with E-state index < -0.39 is 5.97 Å². The minimum absolute atomic E-state index is 0.0594. The van der Waals surface area contributed by atoms with E-state index in [9.17, 15) is 9.59 Å². The molecule has 1 aliphatic rings. The SMILES string of the molecule is CN(C(=O)N1CCC(CCC(=O)O)C1)c1cccnc1. The molecule has 1 aromatic heterocycles. The van der Waals surface area contributed by atoms with Gasteiger partial charge in [-0.1, -0.05) is 0 Å². The lowest BCUT2D eigenvalue weighted by atomic mass is 10.0. The molecular weight excluding hydrogens is 258 g/mol. The van der Waals surface area contributed by atoms with Gasteiger partial charge in [-0.3, -0.25) is 14.7 Å². The maximum atomic E-state index is 12.3. The Balaban J connectivity index is 1.89. The maximum Gasteiger partial charge on any atom is 0.324 e. The molecule has 1 saturated heterocycles. The third kappa shape index (κ3) is 3.46. The second-order valence-corrected chi connectivity index (χ2v) is 5.09. The average molecular weight is 277 g/mol. The van der Waals surface area contributed by atoms with E-state index >= 15 is 0 Å². The first-order valence-corrected chi connectivity index (χ1v) is 6.72. The molecule has 1 N–H and O–H groups in total. The number of nitrogens with zero attached hydrogens (tertiary/aromatic N) is 3. The zero-order valence-electron chi connectivity index (χ0n) is 11.5. The first-order valence-electron chi connectivity index (χ1n) is 6.72. The molecule has 2 rings (SSSR count). The number of aliphatic carboxylic acids is 1. The standard InChI is InChI=1S/C14H19N3O3/c1-16(12-3-2-7-15-9-12)14(20)17-8-6-11(10-17)4-5-13(18)19/h2-3,7,9,11H,4-6,8,10H2,1H3,(H,18,19). The van der Waals surface area contributed by atoms with Crippen molar-refractivity contribution in [1.82, 2.24) is 9.88 Å². The van der Waals surface area contributed by atoms with Crippen LogP contribution >= 0.6 is 0 Å². The number of hydrogen-bond acceptors (Lipinski definition) is 3. The Bertz CT molecular complexity index is 478. The molecule has 2 heterocycles. The highest BCUT2D eigenvalue weighted by Gasteiger charge is 2.28. The number of carboxylic acids is 1. The second-order valence-electron chi connectivity index (χ2n) is 5.09. The van der Waals surface area contributed by atoms with E-state index in [1.807, 2.05) is 6.07 Å². The molecule has 0 radical (unpaired) electrons. The Kier molecular flexibility index (Phi) is 4.55. The summed E-state index contributed by atoms with van der Waals surface area (Å²) < 4.78 is 0. The van der Waals surface area contributed by atoms with E-state index in [0.717, 1.165) is 12.1 Å². The van der Waals surface area contributed by atoms with Gasteiger partial charge in [0.25, 0.3) is 0 Å². The van der Waals surface area contributed by atoms with Crippen LogP contribution in [0.25, 0.3) is 0 Å². The number of carbonyl (C=O) groups excluding carboxylic acids is 1. The highest BCUT2D eigenvalue weighted by atomic mass is 16.4. The van der Waals surface area contributed by atoms with E-state index in [1.54, 1.807) is 35.3 Å². The van der Waals surface area contributed by atoms with Crippen molar-refractivity contribution in [1.29, 1.82) is 0 Å². The summed E-state index contributed by atoms with van der Waals surface area (Å²) in [5.41, 5.74) is 0.756. The number of aromatic nitrogens is 1. The summed E-state index contributed by atoms with van der Waals surface area (Å²) in [5, 5.41) is 8.69. The van der Waals surface area contributed by atoms with Crippen LogP contribution < -0.4 is 4.90 Å². The smallest absolute Gasteiger partial charge is 0.324 e.